The predicted octanol–water partition coefficient (Wildman–Crippen LogP) is 4.70. The molecule has 0 bridgehead atoms. The number of unbranched alkanes of at least 4 members (excludes halogenated alkanes) is 6. The minimum atomic E-state index is 0.389. The fourth-order valence-corrected chi connectivity index (χ4v) is 2.00. The Morgan fingerprint density at radius 1 is 1.00 bits per heavy atom. The molecule has 0 aliphatic carbocycles. The molecule has 2 nitrogen and oxygen atoms in total. The first kappa shape index (κ1) is 16.0. The summed E-state index contributed by atoms with van der Waals surface area (Å²) in [5, 5.41) is 9.31. The lowest BCUT2D eigenvalue weighted by Gasteiger charge is -2.02. The van der Waals surface area contributed by atoms with E-state index in [0.717, 1.165) is 19.6 Å². The highest BCUT2D eigenvalue weighted by Crippen LogP contribution is 2.14. The average molecular weight is 264 g/mol. The number of hydrogen-bond donors (Lipinski definition) is 1. The molecule has 108 valence electrons. The Balaban J connectivity index is 0.000000524. The van der Waals surface area contributed by atoms with Crippen molar-refractivity contribution in [3.63, 3.8) is 0 Å². The summed E-state index contributed by atoms with van der Waals surface area (Å²) in [5.74, 6) is 0.389. The third-order valence-electron chi connectivity index (χ3n) is 3.18. The summed E-state index contributed by atoms with van der Waals surface area (Å²) < 4.78 is 4.50. The van der Waals surface area contributed by atoms with Crippen LogP contribution < -0.4 is 0 Å². The van der Waals surface area contributed by atoms with Crippen LogP contribution in [-0.4, -0.2) is 18.3 Å². The number of rotatable bonds is 8. The molecule has 1 aromatic rings. The molecule has 0 spiro atoms. The maximum absolute atomic E-state index is 9.31. The van der Waals surface area contributed by atoms with E-state index in [0.29, 0.717) is 5.75 Å². The van der Waals surface area contributed by atoms with Crippen molar-refractivity contribution in [2.45, 2.75) is 58.3 Å². The van der Waals surface area contributed by atoms with Gasteiger partial charge in [-0.15, -0.1) is 0 Å². The van der Waals surface area contributed by atoms with Crippen molar-refractivity contribution < 1.29 is 9.84 Å². The largest absolute Gasteiger partial charge is 0.508 e. The van der Waals surface area contributed by atoms with Crippen LogP contribution in [0.1, 0.15) is 57.4 Å². The third-order valence-corrected chi connectivity index (χ3v) is 3.18. The van der Waals surface area contributed by atoms with Gasteiger partial charge in [-0.1, -0.05) is 57.6 Å². The minimum absolute atomic E-state index is 0.389. The molecule has 2 heteroatoms. The Morgan fingerprint density at radius 3 is 2.21 bits per heavy atom. The topological polar surface area (TPSA) is 32.8 Å². The molecule has 19 heavy (non-hydrogen) atoms. The summed E-state index contributed by atoms with van der Waals surface area (Å²) in [6.07, 6.45) is 10.5. The lowest BCUT2D eigenvalue weighted by atomic mass is 10.0. The van der Waals surface area contributed by atoms with Gasteiger partial charge in [-0.3, -0.25) is 0 Å². The summed E-state index contributed by atoms with van der Waals surface area (Å²) in [6.45, 7) is 4.25. The normalized spacial score (nSPS) is 12.7. The van der Waals surface area contributed by atoms with Gasteiger partial charge in [-0.05, 0) is 30.5 Å². The van der Waals surface area contributed by atoms with E-state index in [4.69, 9.17) is 0 Å². The number of hydrogen-bond acceptors (Lipinski definition) is 2. The quantitative estimate of drug-likeness (QED) is 0.545. The number of benzene rings is 1. The molecule has 0 atom stereocenters. The molecule has 2 rings (SSSR count). The van der Waals surface area contributed by atoms with Crippen molar-refractivity contribution >= 4 is 0 Å². The van der Waals surface area contributed by atoms with Gasteiger partial charge in [0.1, 0.15) is 5.75 Å². The Hall–Kier alpha value is -1.02. The van der Waals surface area contributed by atoms with Gasteiger partial charge in [0.15, 0.2) is 0 Å². The average Bonchev–Trinajstić information content (AvgIpc) is 3.26. The van der Waals surface area contributed by atoms with Crippen LogP contribution in [-0.2, 0) is 11.2 Å². The van der Waals surface area contributed by atoms with E-state index >= 15 is 0 Å². The van der Waals surface area contributed by atoms with E-state index in [-0.39, 0.29) is 0 Å². The Morgan fingerprint density at radius 2 is 1.63 bits per heavy atom. The van der Waals surface area contributed by atoms with Gasteiger partial charge >= 0.3 is 0 Å². The molecule has 1 saturated heterocycles. The summed E-state index contributed by atoms with van der Waals surface area (Å²) in [6, 6.07) is 7.62. The zero-order valence-electron chi connectivity index (χ0n) is 12.2. The molecule has 0 radical (unpaired) electrons. The Bertz CT molecular complexity index is 318. The molecule has 0 unspecified atom stereocenters. The standard InChI is InChI=1S/C15H24O.C2H4O/c1-2-3-4-5-6-7-8-10-14-11-9-12-15(16)13-14;1-2-3-1/h9,11-13,16H,2-8,10H2,1H3;1-2H2. The van der Waals surface area contributed by atoms with Gasteiger partial charge in [-0.25, -0.2) is 0 Å². The van der Waals surface area contributed by atoms with E-state index < -0.39 is 0 Å². The van der Waals surface area contributed by atoms with Crippen molar-refractivity contribution in [2.75, 3.05) is 13.2 Å². The van der Waals surface area contributed by atoms with Gasteiger partial charge in [0.25, 0.3) is 0 Å². The zero-order chi connectivity index (χ0) is 13.8. The van der Waals surface area contributed by atoms with Crippen molar-refractivity contribution in [1.29, 1.82) is 0 Å². The number of phenolic OH excluding ortho intramolecular Hbond substituents is 1. The van der Waals surface area contributed by atoms with Crippen LogP contribution in [0.4, 0.5) is 0 Å². The molecule has 1 aliphatic heterocycles. The van der Waals surface area contributed by atoms with Gasteiger partial charge < -0.3 is 9.84 Å². The van der Waals surface area contributed by atoms with Gasteiger partial charge in [0.05, 0.1) is 13.2 Å². The predicted molar refractivity (Wildman–Crippen MR) is 80.6 cm³/mol. The lowest BCUT2D eigenvalue weighted by molar-refractivity contribution is 0.474. The van der Waals surface area contributed by atoms with Crippen molar-refractivity contribution in [3.05, 3.63) is 29.8 Å². The number of aryl methyl sites for hydroxylation is 1. The maximum Gasteiger partial charge on any atom is 0.115 e. The van der Waals surface area contributed by atoms with Crippen molar-refractivity contribution in [1.82, 2.24) is 0 Å². The van der Waals surface area contributed by atoms with E-state index in [1.54, 1.807) is 6.07 Å². The van der Waals surface area contributed by atoms with Crippen molar-refractivity contribution in [3.8, 4) is 5.75 Å². The molecule has 0 amide bonds. The number of phenols is 1. The SMILES string of the molecule is C1CO1.CCCCCCCCCc1cccc(O)c1. The maximum atomic E-state index is 9.31. The molecule has 1 aliphatic rings. The highest BCUT2D eigenvalue weighted by Gasteiger charge is 1.95. The molecule has 1 heterocycles. The molecule has 1 aromatic carbocycles. The van der Waals surface area contributed by atoms with Crippen molar-refractivity contribution in [2.24, 2.45) is 0 Å². The van der Waals surface area contributed by atoms with Gasteiger partial charge in [0.2, 0.25) is 0 Å². The van der Waals surface area contributed by atoms with Crippen LogP contribution in [0, 0.1) is 0 Å². The highest BCUT2D eigenvalue weighted by atomic mass is 16.6. The van der Waals surface area contributed by atoms with E-state index in [1.807, 2.05) is 12.1 Å². The van der Waals surface area contributed by atoms with E-state index in [9.17, 15) is 5.11 Å². The monoisotopic (exact) mass is 264 g/mol. The van der Waals surface area contributed by atoms with Crippen LogP contribution >= 0.6 is 0 Å². The second-order valence-corrected chi connectivity index (χ2v) is 5.15. The summed E-state index contributed by atoms with van der Waals surface area (Å²) >= 11 is 0. The molecule has 1 fully saturated rings. The smallest absolute Gasteiger partial charge is 0.115 e. The Labute approximate surface area is 117 Å². The second-order valence-electron chi connectivity index (χ2n) is 5.15. The molecule has 1 N–H and O–H groups in total. The van der Waals surface area contributed by atoms with Gasteiger partial charge in [0, 0.05) is 0 Å². The Kier molecular flexibility index (Phi) is 9.17. The molecule has 0 aromatic heterocycles. The second kappa shape index (κ2) is 10.9. The summed E-state index contributed by atoms with van der Waals surface area (Å²) in [5.41, 5.74) is 1.26. The summed E-state index contributed by atoms with van der Waals surface area (Å²) in [7, 11) is 0. The van der Waals surface area contributed by atoms with Gasteiger partial charge in [-0.2, -0.15) is 0 Å². The molecular formula is C17H28O2. The van der Waals surface area contributed by atoms with Crippen LogP contribution in [0.15, 0.2) is 24.3 Å². The molecule has 0 saturated carbocycles. The van der Waals surface area contributed by atoms with Crippen LogP contribution in [0.3, 0.4) is 0 Å². The first-order valence-corrected chi connectivity index (χ1v) is 7.68. The fraction of sp³-hybridized carbons (Fsp3) is 0.647. The number of aromatic hydroxyl groups is 1. The first-order valence-electron chi connectivity index (χ1n) is 7.68. The van der Waals surface area contributed by atoms with Crippen LogP contribution in [0.25, 0.3) is 0 Å². The fourth-order valence-electron chi connectivity index (χ4n) is 2.00. The highest BCUT2D eigenvalue weighted by molar-refractivity contribution is 5.27. The minimum Gasteiger partial charge on any atom is -0.508 e. The lowest BCUT2D eigenvalue weighted by Crippen LogP contribution is -1.86. The van der Waals surface area contributed by atoms with E-state index in [2.05, 4.69) is 17.7 Å². The third kappa shape index (κ3) is 10.6. The molecular weight excluding hydrogens is 236 g/mol. The van der Waals surface area contributed by atoms with E-state index in [1.165, 1.54) is 50.5 Å². The summed E-state index contributed by atoms with van der Waals surface area (Å²) in [4.78, 5) is 0. The first-order chi connectivity index (χ1) is 9.33. The number of epoxide rings is 1. The van der Waals surface area contributed by atoms with Crippen LogP contribution in [0.5, 0.6) is 5.75 Å². The van der Waals surface area contributed by atoms with Crippen LogP contribution in [0.2, 0.25) is 0 Å². The number of ether oxygens (including phenoxy) is 1. The zero-order valence-corrected chi connectivity index (χ0v) is 12.2.